The summed E-state index contributed by atoms with van der Waals surface area (Å²) in [5.41, 5.74) is 2.17. The average Bonchev–Trinajstić information content (AvgIpc) is 2.35. The fourth-order valence-electron chi connectivity index (χ4n) is 1.46. The molecule has 0 aromatic heterocycles. The predicted octanol–water partition coefficient (Wildman–Crippen LogP) is 0.489. The SMILES string of the molecule is Cc1ccc(CCC(=O)NC(CO)C(=O)O)cc1. The number of aryl methyl sites for hydroxylation is 2. The second-order valence-corrected chi connectivity index (χ2v) is 4.13. The molecule has 0 aliphatic heterocycles. The molecule has 0 spiro atoms. The van der Waals surface area contributed by atoms with Crippen molar-refractivity contribution >= 4 is 11.9 Å². The van der Waals surface area contributed by atoms with Gasteiger partial charge >= 0.3 is 5.97 Å². The first kappa shape index (κ1) is 14.2. The molecule has 0 aliphatic rings. The molecule has 1 rings (SSSR count). The summed E-state index contributed by atoms with van der Waals surface area (Å²) in [6.07, 6.45) is 0.747. The third kappa shape index (κ3) is 4.55. The van der Waals surface area contributed by atoms with Crippen molar-refractivity contribution in [2.45, 2.75) is 25.8 Å². The number of benzene rings is 1. The van der Waals surface area contributed by atoms with Crippen molar-refractivity contribution in [1.82, 2.24) is 5.32 Å². The van der Waals surface area contributed by atoms with Gasteiger partial charge in [-0.25, -0.2) is 4.79 Å². The van der Waals surface area contributed by atoms with Gasteiger partial charge in [-0.05, 0) is 18.9 Å². The van der Waals surface area contributed by atoms with E-state index in [1.54, 1.807) is 0 Å². The topological polar surface area (TPSA) is 86.6 Å². The van der Waals surface area contributed by atoms with Crippen LogP contribution in [-0.4, -0.2) is 34.7 Å². The molecule has 1 aromatic carbocycles. The zero-order valence-electron chi connectivity index (χ0n) is 10.2. The molecule has 3 N–H and O–H groups in total. The van der Waals surface area contributed by atoms with Crippen LogP contribution >= 0.6 is 0 Å². The molecule has 0 bridgehead atoms. The molecule has 0 fully saturated rings. The van der Waals surface area contributed by atoms with E-state index in [-0.39, 0.29) is 12.3 Å². The largest absolute Gasteiger partial charge is 0.480 e. The van der Waals surface area contributed by atoms with E-state index in [4.69, 9.17) is 10.2 Å². The van der Waals surface area contributed by atoms with E-state index >= 15 is 0 Å². The third-order valence-corrected chi connectivity index (χ3v) is 2.58. The first-order chi connectivity index (χ1) is 8.52. The third-order valence-electron chi connectivity index (χ3n) is 2.58. The first-order valence-corrected chi connectivity index (χ1v) is 5.71. The molecule has 0 radical (unpaired) electrons. The van der Waals surface area contributed by atoms with Crippen LogP contribution in [0.4, 0.5) is 0 Å². The molecular weight excluding hydrogens is 234 g/mol. The van der Waals surface area contributed by atoms with Crippen LogP contribution in [0.2, 0.25) is 0 Å². The number of carbonyl (C=O) groups is 2. The Labute approximate surface area is 105 Å². The van der Waals surface area contributed by atoms with Crippen molar-refractivity contribution in [3.8, 4) is 0 Å². The Kier molecular flexibility index (Phi) is 5.32. The van der Waals surface area contributed by atoms with Crippen LogP contribution in [0.5, 0.6) is 0 Å². The Morgan fingerprint density at radius 1 is 1.28 bits per heavy atom. The summed E-state index contributed by atoms with van der Waals surface area (Å²) in [6, 6.07) is 6.56. The number of rotatable bonds is 6. The number of amides is 1. The van der Waals surface area contributed by atoms with Crippen molar-refractivity contribution in [2.24, 2.45) is 0 Å². The molecule has 0 aliphatic carbocycles. The van der Waals surface area contributed by atoms with Crippen molar-refractivity contribution < 1.29 is 19.8 Å². The van der Waals surface area contributed by atoms with Gasteiger partial charge in [0.15, 0.2) is 0 Å². The van der Waals surface area contributed by atoms with Crippen molar-refractivity contribution in [2.75, 3.05) is 6.61 Å². The van der Waals surface area contributed by atoms with Crippen LogP contribution in [0.3, 0.4) is 0 Å². The minimum Gasteiger partial charge on any atom is -0.480 e. The van der Waals surface area contributed by atoms with E-state index in [1.165, 1.54) is 0 Å². The number of aliphatic hydroxyl groups is 1. The first-order valence-electron chi connectivity index (χ1n) is 5.71. The van der Waals surface area contributed by atoms with Gasteiger partial charge in [0.25, 0.3) is 0 Å². The van der Waals surface area contributed by atoms with E-state index in [2.05, 4.69) is 5.32 Å². The van der Waals surface area contributed by atoms with Crippen molar-refractivity contribution in [3.63, 3.8) is 0 Å². The maximum absolute atomic E-state index is 11.5. The molecule has 18 heavy (non-hydrogen) atoms. The summed E-state index contributed by atoms with van der Waals surface area (Å²) < 4.78 is 0. The maximum Gasteiger partial charge on any atom is 0.328 e. The number of nitrogens with one attached hydrogen (secondary N) is 1. The van der Waals surface area contributed by atoms with Gasteiger partial charge in [0.05, 0.1) is 6.61 Å². The van der Waals surface area contributed by atoms with Gasteiger partial charge < -0.3 is 15.5 Å². The highest BCUT2D eigenvalue weighted by molar-refractivity contribution is 5.83. The summed E-state index contributed by atoms with van der Waals surface area (Å²) in [5.74, 6) is -1.61. The standard InChI is InChI=1S/C13H17NO4/c1-9-2-4-10(5-3-9)6-7-12(16)14-11(8-15)13(17)18/h2-5,11,15H,6-8H2,1H3,(H,14,16)(H,17,18). The summed E-state index contributed by atoms with van der Waals surface area (Å²) in [7, 11) is 0. The van der Waals surface area contributed by atoms with E-state index in [1.807, 2.05) is 31.2 Å². The summed E-state index contributed by atoms with van der Waals surface area (Å²) in [6.45, 7) is 1.38. The molecule has 1 atom stereocenters. The quantitative estimate of drug-likeness (QED) is 0.686. The second kappa shape index (κ2) is 6.76. The Bertz CT molecular complexity index is 414. The van der Waals surface area contributed by atoms with Gasteiger partial charge in [0.1, 0.15) is 6.04 Å². The number of carboxylic acids is 1. The fraction of sp³-hybridized carbons (Fsp3) is 0.385. The monoisotopic (exact) mass is 251 g/mol. The number of carboxylic acid groups (broad SMARTS) is 1. The summed E-state index contributed by atoms with van der Waals surface area (Å²) in [4.78, 5) is 22.1. The highest BCUT2D eigenvalue weighted by Crippen LogP contribution is 2.05. The van der Waals surface area contributed by atoms with Crippen LogP contribution < -0.4 is 5.32 Å². The number of aliphatic hydroxyl groups excluding tert-OH is 1. The molecule has 98 valence electrons. The van der Waals surface area contributed by atoms with E-state index < -0.39 is 18.6 Å². The van der Waals surface area contributed by atoms with E-state index in [9.17, 15) is 9.59 Å². The van der Waals surface area contributed by atoms with Crippen LogP contribution in [-0.2, 0) is 16.0 Å². The Morgan fingerprint density at radius 3 is 2.39 bits per heavy atom. The number of hydrogen-bond acceptors (Lipinski definition) is 3. The Balaban J connectivity index is 2.41. The molecule has 5 heteroatoms. The highest BCUT2D eigenvalue weighted by Gasteiger charge is 2.18. The molecule has 1 unspecified atom stereocenters. The lowest BCUT2D eigenvalue weighted by atomic mass is 10.1. The highest BCUT2D eigenvalue weighted by atomic mass is 16.4. The van der Waals surface area contributed by atoms with E-state index in [0.717, 1.165) is 11.1 Å². The predicted molar refractivity (Wildman–Crippen MR) is 66.2 cm³/mol. The van der Waals surface area contributed by atoms with Gasteiger partial charge in [-0.15, -0.1) is 0 Å². The molecule has 1 aromatic rings. The van der Waals surface area contributed by atoms with Crippen LogP contribution in [0, 0.1) is 6.92 Å². The lowest BCUT2D eigenvalue weighted by Gasteiger charge is -2.11. The van der Waals surface area contributed by atoms with E-state index in [0.29, 0.717) is 6.42 Å². The van der Waals surface area contributed by atoms with Crippen LogP contribution in [0.1, 0.15) is 17.5 Å². The Morgan fingerprint density at radius 2 is 1.89 bits per heavy atom. The van der Waals surface area contributed by atoms with Crippen LogP contribution in [0.25, 0.3) is 0 Å². The second-order valence-electron chi connectivity index (χ2n) is 4.13. The lowest BCUT2D eigenvalue weighted by Crippen LogP contribution is -2.43. The van der Waals surface area contributed by atoms with Gasteiger partial charge in [-0.3, -0.25) is 4.79 Å². The van der Waals surface area contributed by atoms with Crippen molar-refractivity contribution in [1.29, 1.82) is 0 Å². The van der Waals surface area contributed by atoms with Gasteiger partial charge in [0.2, 0.25) is 5.91 Å². The van der Waals surface area contributed by atoms with Gasteiger partial charge in [-0.2, -0.15) is 0 Å². The molecule has 0 heterocycles. The fourth-order valence-corrected chi connectivity index (χ4v) is 1.46. The summed E-state index contributed by atoms with van der Waals surface area (Å²) >= 11 is 0. The van der Waals surface area contributed by atoms with Crippen LogP contribution in [0.15, 0.2) is 24.3 Å². The lowest BCUT2D eigenvalue weighted by molar-refractivity contribution is -0.142. The maximum atomic E-state index is 11.5. The number of aliphatic carboxylic acids is 1. The normalized spacial score (nSPS) is 11.9. The zero-order chi connectivity index (χ0) is 13.5. The number of carbonyl (C=O) groups excluding carboxylic acids is 1. The smallest absolute Gasteiger partial charge is 0.328 e. The minimum atomic E-state index is -1.24. The molecule has 0 saturated heterocycles. The molecular formula is C13H17NO4. The number of hydrogen-bond donors (Lipinski definition) is 3. The molecule has 1 amide bonds. The molecule has 5 nitrogen and oxygen atoms in total. The Hall–Kier alpha value is -1.88. The van der Waals surface area contributed by atoms with Gasteiger partial charge in [0, 0.05) is 6.42 Å². The summed E-state index contributed by atoms with van der Waals surface area (Å²) in [5, 5.41) is 19.7. The van der Waals surface area contributed by atoms with Gasteiger partial charge in [-0.1, -0.05) is 29.8 Å². The minimum absolute atomic E-state index is 0.201. The van der Waals surface area contributed by atoms with Crippen molar-refractivity contribution in [3.05, 3.63) is 35.4 Å². The molecule has 0 saturated carbocycles. The average molecular weight is 251 g/mol. The zero-order valence-corrected chi connectivity index (χ0v) is 10.2.